The first-order valence-corrected chi connectivity index (χ1v) is 7.71. The van der Waals surface area contributed by atoms with E-state index in [0.717, 1.165) is 24.1 Å². The molecule has 0 spiro atoms. The average Bonchev–Trinajstić information content (AvgIpc) is 2.78. The number of allylic oxidation sites excluding steroid dienone is 2. The molecular weight excluding hydrogens is 262 g/mol. The smallest absolute Gasteiger partial charge is 0.238 e. The minimum atomic E-state index is -0.122. The van der Waals surface area contributed by atoms with Crippen LogP contribution >= 0.6 is 0 Å². The monoisotopic (exact) mass is 281 g/mol. The zero-order valence-electron chi connectivity index (χ0n) is 12.4. The fraction of sp³-hybridized carbons (Fsp3) is 0.444. The first-order chi connectivity index (χ1) is 10.1. The van der Waals surface area contributed by atoms with Crippen molar-refractivity contribution in [2.75, 3.05) is 4.90 Å². The number of amides is 2. The van der Waals surface area contributed by atoms with E-state index in [9.17, 15) is 9.59 Å². The van der Waals surface area contributed by atoms with Crippen molar-refractivity contribution in [3.8, 4) is 0 Å². The van der Waals surface area contributed by atoms with Crippen LogP contribution in [0.2, 0.25) is 0 Å². The molecule has 0 N–H and O–H groups in total. The third kappa shape index (κ3) is 1.66. The number of anilines is 1. The second kappa shape index (κ2) is 4.30. The van der Waals surface area contributed by atoms with Crippen LogP contribution in [-0.2, 0) is 9.59 Å². The number of aryl methyl sites for hydroxylation is 2. The van der Waals surface area contributed by atoms with Gasteiger partial charge in [-0.05, 0) is 61.8 Å². The summed E-state index contributed by atoms with van der Waals surface area (Å²) in [7, 11) is 0. The lowest BCUT2D eigenvalue weighted by Gasteiger charge is -2.38. The molecule has 4 aliphatic rings. The molecule has 3 nitrogen and oxygen atoms in total. The van der Waals surface area contributed by atoms with E-state index < -0.39 is 0 Å². The summed E-state index contributed by atoms with van der Waals surface area (Å²) in [4.78, 5) is 27.1. The Morgan fingerprint density at radius 2 is 1.48 bits per heavy atom. The number of benzene rings is 1. The number of hydrogen-bond donors (Lipinski definition) is 0. The van der Waals surface area contributed by atoms with Gasteiger partial charge >= 0.3 is 0 Å². The van der Waals surface area contributed by atoms with E-state index in [1.54, 1.807) is 0 Å². The predicted molar refractivity (Wildman–Crippen MR) is 80.7 cm³/mol. The molecule has 0 radical (unpaired) electrons. The lowest BCUT2D eigenvalue weighted by molar-refractivity contribution is -0.124. The Morgan fingerprint density at radius 3 is 1.95 bits per heavy atom. The van der Waals surface area contributed by atoms with E-state index in [4.69, 9.17) is 0 Å². The SMILES string of the molecule is Cc1ccc(N2C(=O)[C@H]3[C@H](C2=O)[C@H]2C=C[C@H]3CC2)cc1C. The summed E-state index contributed by atoms with van der Waals surface area (Å²) in [5.74, 6) is 0.284. The first-order valence-electron chi connectivity index (χ1n) is 7.71. The van der Waals surface area contributed by atoms with Crippen molar-refractivity contribution in [3.63, 3.8) is 0 Å². The molecule has 0 aromatic heterocycles. The fourth-order valence-electron chi connectivity index (χ4n) is 4.19. The highest BCUT2D eigenvalue weighted by atomic mass is 16.2. The summed E-state index contributed by atoms with van der Waals surface area (Å²) >= 11 is 0. The maximum absolute atomic E-state index is 12.8. The van der Waals surface area contributed by atoms with Crippen LogP contribution in [0, 0.1) is 37.5 Å². The van der Waals surface area contributed by atoms with E-state index in [-0.39, 0.29) is 35.5 Å². The minimum Gasteiger partial charge on any atom is -0.274 e. The van der Waals surface area contributed by atoms with Gasteiger partial charge in [-0.1, -0.05) is 18.2 Å². The number of hydrogen-bond acceptors (Lipinski definition) is 2. The molecule has 2 bridgehead atoms. The highest BCUT2D eigenvalue weighted by Crippen LogP contribution is 2.50. The van der Waals surface area contributed by atoms with Gasteiger partial charge in [-0.15, -0.1) is 0 Å². The van der Waals surface area contributed by atoms with Crippen molar-refractivity contribution in [1.82, 2.24) is 0 Å². The Balaban J connectivity index is 1.76. The zero-order valence-corrected chi connectivity index (χ0v) is 12.4. The normalized spacial score (nSPS) is 33.7. The van der Waals surface area contributed by atoms with Crippen LogP contribution in [0.1, 0.15) is 24.0 Å². The molecule has 21 heavy (non-hydrogen) atoms. The number of carbonyl (C=O) groups excluding carboxylic acids is 2. The molecule has 1 aromatic carbocycles. The highest BCUT2D eigenvalue weighted by Gasteiger charge is 2.56. The maximum atomic E-state index is 12.8. The van der Waals surface area contributed by atoms with Crippen molar-refractivity contribution in [2.24, 2.45) is 23.7 Å². The number of imide groups is 1. The van der Waals surface area contributed by atoms with Gasteiger partial charge in [0.15, 0.2) is 0 Å². The summed E-state index contributed by atoms with van der Waals surface area (Å²) in [6.07, 6.45) is 6.40. The molecule has 4 atom stereocenters. The molecule has 2 fully saturated rings. The Bertz CT molecular complexity index is 644. The standard InChI is InChI=1S/C18H19NO2/c1-10-3-8-14(9-11(10)2)19-17(20)15-12-4-5-13(7-6-12)16(15)18(19)21/h3-5,8-9,12-13,15-16H,6-7H2,1-2H3/t12-,13-,15+,16+/m0/s1. The maximum Gasteiger partial charge on any atom is 0.238 e. The molecule has 1 saturated heterocycles. The van der Waals surface area contributed by atoms with E-state index in [1.807, 2.05) is 32.0 Å². The summed E-state index contributed by atoms with van der Waals surface area (Å²) in [5, 5.41) is 0. The second-order valence-electron chi connectivity index (χ2n) is 6.62. The largest absolute Gasteiger partial charge is 0.274 e. The summed E-state index contributed by atoms with van der Waals surface area (Å²) in [6.45, 7) is 4.05. The Morgan fingerprint density at radius 1 is 0.905 bits per heavy atom. The molecule has 0 unspecified atom stereocenters. The molecule has 1 aliphatic heterocycles. The predicted octanol–water partition coefficient (Wildman–Crippen LogP) is 3.01. The van der Waals surface area contributed by atoms with Crippen LogP contribution in [0.25, 0.3) is 0 Å². The van der Waals surface area contributed by atoms with Crippen molar-refractivity contribution in [2.45, 2.75) is 26.7 Å². The molecule has 5 rings (SSSR count). The van der Waals surface area contributed by atoms with Gasteiger partial charge in [-0.25, -0.2) is 0 Å². The van der Waals surface area contributed by atoms with E-state index in [1.165, 1.54) is 10.5 Å². The molecule has 3 aliphatic carbocycles. The van der Waals surface area contributed by atoms with E-state index >= 15 is 0 Å². The van der Waals surface area contributed by atoms with Gasteiger partial charge in [-0.3, -0.25) is 14.5 Å². The van der Waals surface area contributed by atoms with Gasteiger partial charge < -0.3 is 0 Å². The van der Waals surface area contributed by atoms with Crippen LogP contribution in [0.5, 0.6) is 0 Å². The van der Waals surface area contributed by atoms with Crippen LogP contribution in [0.15, 0.2) is 30.4 Å². The van der Waals surface area contributed by atoms with E-state index in [2.05, 4.69) is 12.2 Å². The second-order valence-corrected chi connectivity index (χ2v) is 6.62. The summed E-state index contributed by atoms with van der Waals surface area (Å²) in [6, 6.07) is 5.84. The number of rotatable bonds is 1. The van der Waals surface area contributed by atoms with Crippen LogP contribution in [-0.4, -0.2) is 11.8 Å². The number of carbonyl (C=O) groups is 2. The van der Waals surface area contributed by atoms with Crippen molar-refractivity contribution >= 4 is 17.5 Å². The lowest BCUT2D eigenvalue weighted by Crippen LogP contribution is -2.38. The van der Waals surface area contributed by atoms with Gasteiger partial charge in [0.25, 0.3) is 0 Å². The Hall–Kier alpha value is -1.90. The molecule has 2 amide bonds. The fourth-order valence-corrected chi connectivity index (χ4v) is 4.19. The van der Waals surface area contributed by atoms with Crippen molar-refractivity contribution in [3.05, 3.63) is 41.5 Å². The molecule has 108 valence electrons. The topological polar surface area (TPSA) is 37.4 Å². The molecule has 1 saturated carbocycles. The zero-order chi connectivity index (χ0) is 14.7. The lowest BCUT2D eigenvalue weighted by atomic mass is 9.63. The van der Waals surface area contributed by atoms with Crippen molar-refractivity contribution < 1.29 is 9.59 Å². The highest BCUT2D eigenvalue weighted by molar-refractivity contribution is 6.22. The number of fused-ring (bicyclic) bond motifs is 1. The Labute approximate surface area is 124 Å². The van der Waals surface area contributed by atoms with Gasteiger partial charge in [0.1, 0.15) is 0 Å². The van der Waals surface area contributed by atoms with Crippen LogP contribution < -0.4 is 4.90 Å². The van der Waals surface area contributed by atoms with Gasteiger partial charge in [0, 0.05) is 0 Å². The molecular formula is C18H19NO2. The van der Waals surface area contributed by atoms with Gasteiger partial charge in [-0.2, -0.15) is 0 Å². The van der Waals surface area contributed by atoms with Crippen molar-refractivity contribution in [1.29, 1.82) is 0 Å². The third-order valence-electron chi connectivity index (χ3n) is 5.51. The van der Waals surface area contributed by atoms with Crippen LogP contribution in [0.3, 0.4) is 0 Å². The van der Waals surface area contributed by atoms with Gasteiger partial charge in [0.2, 0.25) is 11.8 Å². The molecule has 3 heteroatoms. The number of nitrogens with zero attached hydrogens (tertiary/aromatic N) is 1. The summed E-state index contributed by atoms with van der Waals surface area (Å²) in [5.41, 5.74) is 3.03. The quantitative estimate of drug-likeness (QED) is 0.586. The Kier molecular flexibility index (Phi) is 2.62. The van der Waals surface area contributed by atoms with Gasteiger partial charge in [0.05, 0.1) is 17.5 Å². The summed E-state index contributed by atoms with van der Waals surface area (Å²) < 4.78 is 0. The minimum absolute atomic E-state index is 0.00676. The third-order valence-corrected chi connectivity index (χ3v) is 5.51. The molecule has 1 heterocycles. The average molecular weight is 281 g/mol. The molecule has 1 aromatic rings. The van der Waals surface area contributed by atoms with E-state index in [0.29, 0.717) is 0 Å². The van der Waals surface area contributed by atoms with Crippen LogP contribution in [0.4, 0.5) is 5.69 Å². The first kappa shape index (κ1) is 12.8.